The second kappa shape index (κ2) is 10.5. The zero-order valence-electron chi connectivity index (χ0n) is 15.0. The molecule has 1 atom stereocenters. The summed E-state index contributed by atoms with van der Waals surface area (Å²) in [4.78, 5) is 16.4. The van der Waals surface area contributed by atoms with E-state index in [1.165, 1.54) is 0 Å². The van der Waals surface area contributed by atoms with Gasteiger partial charge in [0.2, 0.25) is 0 Å². The monoisotopic (exact) mass is 369 g/mol. The third kappa shape index (κ3) is 6.38. The van der Waals surface area contributed by atoms with Gasteiger partial charge < -0.3 is 19.7 Å². The van der Waals surface area contributed by atoms with Crippen molar-refractivity contribution >= 4 is 17.6 Å². The van der Waals surface area contributed by atoms with Gasteiger partial charge in [-0.3, -0.25) is 4.90 Å². The zero-order chi connectivity index (χ0) is 18.1. The summed E-state index contributed by atoms with van der Waals surface area (Å²) in [5, 5.41) is 3.59. The molecule has 1 fully saturated rings. The van der Waals surface area contributed by atoms with Crippen molar-refractivity contribution in [2.45, 2.75) is 19.9 Å². The third-order valence-corrected chi connectivity index (χ3v) is 4.65. The van der Waals surface area contributed by atoms with Crippen molar-refractivity contribution in [3.8, 4) is 5.75 Å². The maximum atomic E-state index is 12.4. The van der Waals surface area contributed by atoms with E-state index in [9.17, 15) is 4.79 Å². The van der Waals surface area contributed by atoms with Crippen LogP contribution in [0.25, 0.3) is 0 Å². The maximum absolute atomic E-state index is 12.4. The van der Waals surface area contributed by atoms with Crippen LogP contribution in [0.3, 0.4) is 0 Å². The number of amides is 2. The van der Waals surface area contributed by atoms with Crippen LogP contribution in [0.1, 0.15) is 13.8 Å². The Labute approximate surface area is 155 Å². The summed E-state index contributed by atoms with van der Waals surface area (Å²) < 4.78 is 11.0. The topological polar surface area (TPSA) is 54.0 Å². The van der Waals surface area contributed by atoms with Crippen LogP contribution in [-0.2, 0) is 4.74 Å². The van der Waals surface area contributed by atoms with Crippen LogP contribution in [0.4, 0.5) is 4.79 Å². The van der Waals surface area contributed by atoms with Gasteiger partial charge in [0.25, 0.3) is 0 Å². The molecule has 0 unspecified atom stereocenters. The fourth-order valence-electron chi connectivity index (χ4n) is 2.73. The van der Waals surface area contributed by atoms with Crippen molar-refractivity contribution in [3.63, 3.8) is 0 Å². The number of benzene rings is 1. The SMILES string of the molecule is CCN(CCOc1ccccc1Cl)C(=O)NC[C@@H](C)N1CCOCC1. The number of ether oxygens (including phenoxy) is 2. The summed E-state index contributed by atoms with van der Waals surface area (Å²) >= 11 is 6.06. The number of nitrogens with zero attached hydrogens (tertiary/aromatic N) is 2. The van der Waals surface area contributed by atoms with Crippen LogP contribution in [0.2, 0.25) is 5.02 Å². The van der Waals surface area contributed by atoms with Crippen molar-refractivity contribution in [1.29, 1.82) is 0 Å². The number of rotatable bonds is 8. The van der Waals surface area contributed by atoms with E-state index in [1.54, 1.807) is 11.0 Å². The van der Waals surface area contributed by atoms with Gasteiger partial charge in [-0.25, -0.2) is 4.79 Å². The van der Waals surface area contributed by atoms with Crippen molar-refractivity contribution in [3.05, 3.63) is 29.3 Å². The predicted octanol–water partition coefficient (Wildman–Crippen LogP) is 2.47. The molecule has 1 aliphatic rings. The molecule has 2 amide bonds. The van der Waals surface area contributed by atoms with E-state index in [4.69, 9.17) is 21.1 Å². The van der Waals surface area contributed by atoms with Gasteiger partial charge in [-0.15, -0.1) is 0 Å². The van der Waals surface area contributed by atoms with Gasteiger partial charge in [0.05, 0.1) is 24.8 Å². The first kappa shape index (κ1) is 19.8. The second-order valence-corrected chi connectivity index (χ2v) is 6.45. The standard InChI is InChI=1S/C18H28ClN3O3/c1-3-21(10-13-25-17-7-5-4-6-16(17)19)18(23)20-14-15(2)22-8-11-24-12-9-22/h4-7,15H,3,8-14H2,1-2H3,(H,20,23)/t15-/m1/s1. The van der Waals surface area contributed by atoms with Gasteiger partial charge in [0.1, 0.15) is 12.4 Å². The average molecular weight is 370 g/mol. The molecule has 2 rings (SSSR count). The fourth-order valence-corrected chi connectivity index (χ4v) is 2.92. The Bertz CT molecular complexity index is 538. The minimum absolute atomic E-state index is 0.0645. The fraction of sp³-hybridized carbons (Fsp3) is 0.611. The van der Waals surface area contributed by atoms with Crippen LogP contribution < -0.4 is 10.1 Å². The lowest BCUT2D eigenvalue weighted by Gasteiger charge is -2.32. The third-order valence-electron chi connectivity index (χ3n) is 4.34. The molecule has 0 spiro atoms. The predicted molar refractivity (Wildman–Crippen MR) is 99.4 cm³/mol. The molecule has 0 aliphatic carbocycles. The number of carbonyl (C=O) groups excluding carboxylic acids is 1. The Balaban J connectivity index is 1.71. The lowest BCUT2D eigenvalue weighted by Crippen LogP contribution is -2.50. The molecule has 1 N–H and O–H groups in total. The van der Waals surface area contributed by atoms with Crippen LogP contribution >= 0.6 is 11.6 Å². The normalized spacial score (nSPS) is 16.3. The summed E-state index contributed by atoms with van der Waals surface area (Å²) in [6.45, 7) is 9.62. The first-order valence-corrected chi connectivity index (χ1v) is 9.21. The van der Waals surface area contributed by atoms with E-state index < -0.39 is 0 Å². The van der Waals surface area contributed by atoms with E-state index in [0.29, 0.717) is 43.1 Å². The smallest absolute Gasteiger partial charge is 0.317 e. The molecule has 0 saturated carbocycles. The van der Waals surface area contributed by atoms with E-state index in [0.717, 1.165) is 26.3 Å². The molecule has 1 aromatic carbocycles. The Morgan fingerprint density at radius 3 is 2.80 bits per heavy atom. The molecular formula is C18H28ClN3O3. The van der Waals surface area contributed by atoms with Gasteiger partial charge in [-0.05, 0) is 26.0 Å². The maximum Gasteiger partial charge on any atom is 0.317 e. The Hall–Kier alpha value is -1.50. The first-order valence-electron chi connectivity index (χ1n) is 8.83. The number of urea groups is 1. The number of halogens is 1. The largest absolute Gasteiger partial charge is 0.490 e. The van der Waals surface area contributed by atoms with Crippen LogP contribution in [0.5, 0.6) is 5.75 Å². The molecule has 0 bridgehead atoms. The summed E-state index contributed by atoms with van der Waals surface area (Å²) in [6, 6.07) is 7.57. The summed E-state index contributed by atoms with van der Waals surface area (Å²) in [7, 11) is 0. The molecule has 6 nitrogen and oxygen atoms in total. The summed E-state index contributed by atoms with van der Waals surface area (Å²) in [5.74, 6) is 0.640. The Morgan fingerprint density at radius 2 is 2.12 bits per heavy atom. The van der Waals surface area contributed by atoms with Gasteiger partial charge in [0, 0.05) is 32.2 Å². The lowest BCUT2D eigenvalue weighted by atomic mass is 10.2. The van der Waals surface area contributed by atoms with E-state index in [1.807, 2.05) is 25.1 Å². The molecule has 0 radical (unpaired) electrons. The Morgan fingerprint density at radius 1 is 1.40 bits per heavy atom. The minimum atomic E-state index is -0.0645. The molecule has 1 aromatic rings. The number of likely N-dealkylation sites (N-methyl/N-ethyl adjacent to an activating group) is 1. The molecule has 140 valence electrons. The highest BCUT2D eigenvalue weighted by Crippen LogP contribution is 2.22. The molecule has 0 aromatic heterocycles. The number of hydrogen-bond donors (Lipinski definition) is 1. The van der Waals surface area contributed by atoms with Crippen molar-refractivity contribution in [2.24, 2.45) is 0 Å². The number of hydrogen-bond acceptors (Lipinski definition) is 4. The van der Waals surface area contributed by atoms with Crippen molar-refractivity contribution < 1.29 is 14.3 Å². The quantitative estimate of drug-likeness (QED) is 0.764. The van der Waals surface area contributed by atoms with E-state index >= 15 is 0 Å². The number of carbonyl (C=O) groups is 1. The molecule has 25 heavy (non-hydrogen) atoms. The molecule has 7 heteroatoms. The summed E-state index contributed by atoms with van der Waals surface area (Å²) in [6.07, 6.45) is 0. The van der Waals surface area contributed by atoms with Gasteiger partial charge >= 0.3 is 6.03 Å². The lowest BCUT2D eigenvalue weighted by molar-refractivity contribution is 0.0206. The van der Waals surface area contributed by atoms with Crippen molar-refractivity contribution in [1.82, 2.24) is 15.1 Å². The highest BCUT2D eigenvalue weighted by molar-refractivity contribution is 6.32. The minimum Gasteiger partial charge on any atom is -0.490 e. The van der Waals surface area contributed by atoms with E-state index in [2.05, 4.69) is 17.1 Å². The summed E-state index contributed by atoms with van der Waals surface area (Å²) in [5.41, 5.74) is 0. The van der Waals surface area contributed by atoms with Gasteiger partial charge in [-0.2, -0.15) is 0 Å². The van der Waals surface area contributed by atoms with Gasteiger partial charge in [0.15, 0.2) is 0 Å². The first-order chi connectivity index (χ1) is 12.1. The van der Waals surface area contributed by atoms with Gasteiger partial charge in [-0.1, -0.05) is 23.7 Å². The molecule has 1 aliphatic heterocycles. The van der Waals surface area contributed by atoms with Crippen LogP contribution in [0.15, 0.2) is 24.3 Å². The highest BCUT2D eigenvalue weighted by Gasteiger charge is 2.19. The molecular weight excluding hydrogens is 342 g/mol. The number of para-hydroxylation sites is 1. The van der Waals surface area contributed by atoms with Crippen LogP contribution in [-0.4, -0.2) is 74.4 Å². The molecule has 1 heterocycles. The van der Waals surface area contributed by atoms with Crippen LogP contribution in [0, 0.1) is 0 Å². The zero-order valence-corrected chi connectivity index (χ0v) is 15.8. The average Bonchev–Trinajstić information content (AvgIpc) is 2.65. The molecule has 1 saturated heterocycles. The number of nitrogens with one attached hydrogen (secondary N) is 1. The van der Waals surface area contributed by atoms with Crippen molar-refractivity contribution in [2.75, 3.05) is 52.5 Å². The van der Waals surface area contributed by atoms with E-state index in [-0.39, 0.29) is 6.03 Å². The number of morpholine rings is 1. The second-order valence-electron chi connectivity index (χ2n) is 6.04. The highest BCUT2D eigenvalue weighted by atomic mass is 35.5. The Kier molecular flexibility index (Phi) is 8.31.